The van der Waals surface area contributed by atoms with Gasteiger partial charge in [-0.1, -0.05) is 27.8 Å². The molecular formula is C10H10BrN. The van der Waals surface area contributed by atoms with E-state index in [2.05, 4.69) is 32.8 Å². The van der Waals surface area contributed by atoms with E-state index in [1.165, 1.54) is 0 Å². The average molecular weight is 224 g/mol. The molecule has 0 bridgehead atoms. The van der Waals surface area contributed by atoms with Crippen LogP contribution in [0.2, 0.25) is 0 Å². The first kappa shape index (κ1) is 9.28. The largest absolute Gasteiger partial charge is 0.262 e. The number of hydrogen-bond donors (Lipinski definition) is 0. The Morgan fingerprint density at radius 1 is 1.58 bits per heavy atom. The van der Waals surface area contributed by atoms with Crippen molar-refractivity contribution in [2.45, 2.75) is 13.3 Å². The van der Waals surface area contributed by atoms with Crippen LogP contribution >= 0.6 is 15.9 Å². The van der Waals surface area contributed by atoms with Crippen molar-refractivity contribution < 1.29 is 0 Å². The first-order valence-electron chi connectivity index (χ1n) is 3.80. The molecule has 0 radical (unpaired) electrons. The molecule has 1 aromatic heterocycles. The number of alkyl halides is 1. The lowest BCUT2D eigenvalue weighted by Crippen LogP contribution is -1.81. The smallest absolute Gasteiger partial charge is 0.0385 e. The summed E-state index contributed by atoms with van der Waals surface area (Å²) in [5.41, 5.74) is 2.06. The van der Waals surface area contributed by atoms with Crippen LogP contribution in [-0.4, -0.2) is 10.3 Å². The number of aryl methyl sites for hydroxylation is 1. The van der Waals surface area contributed by atoms with Gasteiger partial charge in [0.1, 0.15) is 0 Å². The molecule has 0 aliphatic rings. The van der Waals surface area contributed by atoms with Gasteiger partial charge in [-0.2, -0.15) is 0 Å². The van der Waals surface area contributed by atoms with Crippen molar-refractivity contribution in [2.24, 2.45) is 0 Å². The third-order valence-electron chi connectivity index (χ3n) is 1.35. The Hall–Kier alpha value is -0.810. The first-order valence-corrected chi connectivity index (χ1v) is 4.92. The topological polar surface area (TPSA) is 12.9 Å². The van der Waals surface area contributed by atoms with Crippen LogP contribution in [0.3, 0.4) is 0 Å². The molecule has 0 aliphatic heterocycles. The van der Waals surface area contributed by atoms with E-state index in [1.54, 1.807) is 6.20 Å². The highest BCUT2D eigenvalue weighted by molar-refractivity contribution is 9.09. The summed E-state index contributed by atoms with van der Waals surface area (Å²) in [5, 5.41) is 0.935. The Labute approximate surface area is 81.3 Å². The number of pyridine rings is 1. The second-order valence-corrected chi connectivity index (χ2v) is 3.22. The number of rotatable bonds is 1. The summed E-state index contributed by atoms with van der Waals surface area (Å²) in [7, 11) is 0. The van der Waals surface area contributed by atoms with Gasteiger partial charge in [-0.25, -0.2) is 0 Å². The van der Waals surface area contributed by atoms with Crippen LogP contribution in [0.4, 0.5) is 0 Å². The van der Waals surface area contributed by atoms with Crippen molar-refractivity contribution in [3.63, 3.8) is 0 Å². The maximum absolute atomic E-state index is 4.09. The van der Waals surface area contributed by atoms with Gasteiger partial charge in [0, 0.05) is 29.2 Å². The SMILES string of the molecule is Cc1cc(C#CCCBr)ccn1. The highest BCUT2D eigenvalue weighted by Gasteiger charge is 1.86. The molecule has 1 nitrogen and oxygen atoms in total. The van der Waals surface area contributed by atoms with Crippen molar-refractivity contribution >= 4 is 15.9 Å². The lowest BCUT2D eigenvalue weighted by atomic mass is 10.2. The molecule has 0 saturated heterocycles. The van der Waals surface area contributed by atoms with Crippen LogP contribution in [0.15, 0.2) is 18.3 Å². The average Bonchev–Trinajstić information content (AvgIpc) is 2.05. The summed E-state index contributed by atoms with van der Waals surface area (Å²) in [4.78, 5) is 4.09. The van der Waals surface area contributed by atoms with Gasteiger partial charge in [0.2, 0.25) is 0 Å². The third kappa shape index (κ3) is 3.06. The fourth-order valence-electron chi connectivity index (χ4n) is 0.835. The highest BCUT2D eigenvalue weighted by Crippen LogP contribution is 1.98. The molecule has 0 aromatic carbocycles. The molecule has 1 aromatic rings. The Kier molecular flexibility index (Phi) is 3.83. The van der Waals surface area contributed by atoms with Crippen molar-refractivity contribution in [1.29, 1.82) is 0 Å². The number of halogens is 1. The van der Waals surface area contributed by atoms with Gasteiger partial charge in [-0.3, -0.25) is 4.98 Å². The minimum Gasteiger partial charge on any atom is -0.262 e. The Bertz CT molecular complexity index is 309. The zero-order valence-electron chi connectivity index (χ0n) is 6.97. The van der Waals surface area contributed by atoms with Crippen LogP contribution < -0.4 is 0 Å². The molecule has 1 rings (SSSR count). The van der Waals surface area contributed by atoms with Gasteiger partial charge in [-0.15, -0.1) is 0 Å². The van der Waals surface area contributed by atoms with Crippen LogP contribution in [0.5, 0.6) is 0 Å². The summed E-state index contributed by atoms with van der Waals surface area (Å²) in [6.45, 7) is 1.97. The van der Waals surface area contributed by atoms with Gasteiger partial charge in [0.15, 0.2) is 0 Å². The quantitative estimate of drug-likeness (QED) is 0.527. The van der Waals surface area contributed by atoms with Crippen LogP contribution in [0.1, 0.15) is 17.7 Å². The van der Waals surface area contributed by atoms with Gasteiger partial charge in [0.05, 0.1) is 0 Å². The third-order valence-corrected chi connectivity index (χ3v) is 1.75. The molecule has 0 atom stereocenters. The van der Waals surface area contributed by atoms with E-state index >= 15 is 0 Å². The first-order chi connectivity index (χ1) is 5.83. The monoisotopic (exact) mass is 223 g/mol. The Morgan fingerprint density at radius 3 is 3.08 bits per heavy atom. The Balaban J connectivity index is 2.71. The predicted octanol–water partition coefficient (Wildman–Crippen LogP) is 2.53. The van der Waals surface area contributed by atoms with E-state index in [-0.39, 0.29) is 0 Å². The van der Waals surface area contributed by atoms with E-state index in [1.807, 2.05) is 19.1 Å². The predicted molar refractivity (Wildman–Crippen MR) is 54.3 cm³/mol. The number of aromatic nitrogens is 1. The number of nitrogens with zero attached hydrogens (tertiary/aromatic N) is 1. The fraction of sp³-hybridized carbons (Fsp3) is 0.300. The zero-order chi connectivity index (χ0) is 8.81. The lowest BCUT2D eigenvalue weighted by molar-refractivity contribution is 1.19. The fourth-order valence-corrected chi connectivity index (χ4v) is 1.03. The summed E-state index contributed by atoms with van der Waals surface area (Å²) >= 11 is 3.32. The molecule has 0 aliphatic carbocycles. The molecule has 1 heterocycles. The normalized spacial score (nSPS) is 8.83. The minimum absolute atomic E-state index is 0.890. The van der Waals surface area contributed by atoms with Crippen molar-refractivity contribution in [2.75, 3.05) is 5.33 Å². The van der Waals surface area contributed by atoms with Crippen molar-refractivity contribution in [1.82, 2.24) is 4.98 Å². The van der Waals surface area contributed by atoms with Gasteiger partial charge < -0.3 is 0 Å². The van der Waals surface area contributed by atoms with Gasteiger partial charge >= 0.3 is 0 Å². The van der Waals surface area contributed by atoms with E-state index in [9.17, 15) is 0 Å². The Morgan fingerprint density at radius 2 is 2.42 bits per heavy atom. The van der Waals surface area contributed by atoms with Gasteiger partial charge in [0.25, 0.3) is 0 Å². The summed E-state index contributed by atoms with van der Waals surface area (Å²) < 4.78 is 0. The molecule has 12 heavy (non-hydrogen) atoms. The standard InChI is InChI=1S/C10H10BrN/c1-9-8-10(5-7-12-9)4-2-3-6-11/h5,7-8H,3,6H2,1H3. The molecule has 0 saturated carbocycles. The molecular weight excluding hydrogens is 214 g/mol. The summed E-state index contributed by atoms with van der Waals surface area (Å²) in [6.07, 6.45) is 2.68. The summed E-state index contributed by atoms with van der Waals surface area (Å²) in [5.74, 6) is 6.12. The minimum atomic E-state index is 0.890. The van der Waals surface area contributed by atoms with E-state index in [4.69, 9.17) is 0 Å². The van der Waals surface area contributed by atoms with Crippen LogP contribution in [0, 0.1) is 18.8 Å². The molecule has 0 fully saturated rings. The second-order valence-electron chi connectivity index (χ2n) is 2.43. The van der Waals surface area contributed by atoms with Crippen LogP contribution in [0.25, 0.3) is 0 Å². The highest BCUT2D eigenvalue weighted by atomic mass is 79.9. The van der Waals surface area contributed by atoms with E-state index in [0.717, 1.165) is 23.0 Å². The van der Waals surface area contributed by atoms with Crippen LogP contribution in [-0.2, 0) is 0 Å². The molecule has 2 heteroatoms. The summed E-state index contributed by atoms with van der Waals surface area (Å²) in [6, 6.07) is 3.91. The maximum Gasteiger partial charge on any atom is 0.0385 e. The van der Waals surface area contributed by atoms with Crippen molar-refractivity contribution in [3.8, 4) is 11.8 Å². The number of hydrogen-bond acceptors (Lipinski definition) is 1. The van der Waals surface area contributed by atoms with E-state index in [0.29, 0.717) is 0 Å². The van der Waals surface area contributed by atoms with Crippen molar-refractivity contribution in [3.05, 3.63) is 29.6 Å². The maximum atomic E-state index is 4.09. The van der Waals surface area contributed by atoms with Gasteiger partial charge in [-0.05, 0) is 19.1 Å². The van der Waals surface area contributed by atoms with E-state index < -0.39 is 0 Å². The molecule has 62 valence electrons. The zero-order valence-corrected chi connectivity index (χ0v) is 8.56. The second kappa shape index (κ2) is 4.95. The molecule has 0 amide bonds. The lowest BCUT2D eigenvalue weighted by Gasteiger charge is -1.90. The molecule has 0 N–H and O–H groups in total. The molecule has 0 spiro atoms. The molecule has 0 unspecified atom stereocenters.